The fraction of sp³-hybridized carbons (Fsp3) is 0.235. The van der Waals surface area contributed by atoms with E-state index in [4.69, 9.17) is 21.1 Å². The van der Waals surface area contributed by atoms with E-state index in [2.05, 4.69) is 5.32 Å². The number of hydrogen-bond donors (Lipinski definition) is 1. The number of carbonyl (C=O) groups excluding carboxylic acids is 5. The van der Waals surface area contributed by atoms with Crippen LogP contribution in [0.3, 0.4) is 0 Å². The number of benzene rings is 3. The van der Waals surface area contributed by atoms with Gasteiger partial charge in [0.05, 0.1) is 41.0 Å². The maximum absolute atomic E-state index is 14.1. The van der Waals surface area contributed by atoms with Crippen molar-refractivity contribution in [1.29, 1.82) is 0 Å². The molecule has 0 radical (unpaired) electrons. The number of nitrogens with zero attached hydrogens (tertiary/aromatic N) is 2. The number of halogens is 1. The van der Waals surface area contributed by atoms with E-state index in [1.165, 1.54) is 41.0 Å². The summed E-state index contributed by atoms with van der Waals surface area (Å²) in [7, 11) is 0. The van der Waals surface area contributed by atoms with E-state index in [0.717, 1.165) is 28.0 Å². The molecule has 1 N–H and O–H groups in total. The Balaban J connectivity index is 1.31. The third-order valence-corrected chi connectivity index (χ3v) is 10.8. The zero-order valence-electron chi connectivity index (χ0n) is 25.6. The first-order valence-corrected chi connectivity index (χ1v) is 17.1. The molecule has 3 amide bonds. The molecule has 2 unspecified atom stereocenters. The lowest BCUT2D eigenvalue weighted by Crippen LogP contribution is -2.33. The van der Waals surface area contributed by atoms with Crippen molar-refractivity contribution < 1.29 is 33.4 Å². The van der Waals surface area contributed by atoms with E-state index < -0.39 is 51.6 Å². The van der Waals surface area contributed by atoms with Crippen LogP contribution in [0.4, 0.5) is 11.4 Å². The van der Waals surface area contributed by atoms with Crippen molar-refractivity contribution >= 4 is 75.7 Å². The van der Waals surface area contributed by atoms with Crippen LogP contribution in [-0.2, 0) is 30.4 Å². The van der Waals surface area contributed by atoms with E-state index >= 15 is 0 Å². The van der Waals surface area contributed by atoms with Gasteiger partial charge in [-0.05, 0) is 80.1 Å². The quantitative estimate of drug-likeness (QED) is 0.180. The van der Waals surface area contributed by atoms with Gasteiger partial charge in [-0.15, -0.1) is 0 Å². The molecule has 4 aromatic rings. The summed E-state index contributed by atoms with van der Waals surface area (Å²) in [5, 5.41) is 2.76. The minimum atomic E-state index is -0.894. The highest BCUT2D eigenvalue weighted by Gasteiger charge is 2.56. The van der Waals surface area contributed by atoms with Gasteiger partial charge in [-0.1, -0.05) is 46.8 Å². The fourth-order valence-electron chi connectivity index (χ4n) is 5.75. The van der Waals surface area contributed by atoms with E-state index in [9.17, 15) is 28.8 Å². The zero-order chi connectivity index (χ0) is 34.1. The highest BCUT2D eigenvalue weighted by molar-refractivity contribution is 8.00. The molecule has 1 saturated heterocycles. The van der Waals surface area contributed by atoms with Gasteiger partial charge >= 0.3 is 16.8 Å². The lowest BCUT2D eigenvalue weighted by atomic mass is 9.83. The van der Waals surface area contributed by atoms with Crippen molar-refractivity contribution in [2.45, 2.75) is 36.6 Å². The summed E-state index contributed by atoms with van der Waals surface area (Å²) in [6, 6.07) is 19.1. The molecule has 0 saturated carbocycles. The number of amides is 3. The number of hydrogen-bond acceptors (Lipinski definition) is 10. The number of ether oxygens (including phenoxy) is 2. The number of anilines is 2. The van der Waals surface area contributed by atoms with Crippen molar-refractivity contribution in [3.8, 4) is 0 Å². The highest BCUT2D eigenvalue weighted by Crippen LogP contribution is 2.54. The Labute approximate surface area is 287 Å². The Morgan fingerprint density at radius 3 is 1.98 bits per heavy atom. The van der Waals surface area contributed by atoms with Crippen LogP contribution in [0.5, 0.6) is 0 Å². The predicted molar refractivity (Wildman–Crippen MR) is 181 cm³/mol. The SMILES string of the molecule is CCOC(=O)c1ccc(NC(=O)Cn2c3c(sc2=O)[C@@H](c2ccc(Cl)cc2)C2C(=O)N(c4ccc(C(=O)OCC)cc4)C(=O)C2S3)cc1. The molecule has 0 bridgehead atoms. The second-order valence-corrected chi connectivity index (χ2v) is 13.4. The Morgan fingerprint density at radius 2 is 1.40 bits per heavy atom. The molecule has 2 aliphatic heterocycles. The molecule has 14 heteroatoms. The van der Waals surface area contributed by atoms with Gasteiger partial charge in [0, 0.05) is 21.5 Å². The fourth-order valence-corrected chi connectivity index (χ4v) is 8.65. The standard InChI is InChI=1S/C34H28ClN3O8S2/c1-3-45-32(42)19-7-13-22(14-8-19)36-24(39)17-37-31-28(48-34(37)44)25(18-5-11-21(35)12-6-18)26-27(47-31)30(41)38(29(26)40)23-15-9-20(10-16-23)33(43)46-4-2/h5-16,25-27H,3-4,17H2,1-2H3,(H,36,39)/t25-,26?,27?/m0/s1. The van der Waals surface area contributed by atoms with Crippen molar-refractivity contribution in [3.63, 3.8) is 0 Å². The average Bonchev–Trinajstić information content (AvgIpc) is 3.52. The number of fused-ring (bicyclic) bond motifs is 2. The maximum atomic E-state index is 14.1. The smallest absolute Gasteiger partial charge is 0.338 e. The van der Waals surface area contributed by atoms with Gasteiger partial charge in [0.25, 0.3) is 0 Å². The summed E-state index contributed by atoms with van der Waals surface area (Å²) in [4.78, 5) is 80.1. The van der Waals surface area contributed by atoms with Crippen LogP contribution in [-0.4, -0.2) is 52.7 Å². The van der Waals surface area contributed by atoms with Gasteiger partial charge in [0.1, 0.15) is 11.8 Å². The molecule has 3 heterocycles. The summed E-state index contributed by atoms with van der Waals surface area (Å²) in [5.74, 6) is -3.92. The number of rotatable bonds is 9. The van der Waals surface area contributed by atoms with Crippen LogP contribution < -0.4 is 15.1 Å². The molecule has 3 aromatic carbocycles. The molecule has 2 aliphatic rings. The summed E-state index contributed by atoms with van der Waals surface area (Å²) >= 11 is 8.20. The molecule has 0 spiro atoms. The number of nitrogens with one attached hydrogen (secondary N) is 1. The molecule has 3 atom stereocenters. The number of thioether (sulfide) groups is 1. The van der Waals surface area contributed by atoms with Crippen LogP contribution in [0.25, 0.3) is 0 Å². The molecule has 0 aliphatic carbocycles. The van der Waals surface area contributed by atoms with Crippen LogP contribution in [0.2, 0.25) is 5.02 Å². The second-order valence-electron chi connectivity index (χ2n) is 10.8. The van der Waals surface area contributed by atoms with Gasteiger partial charge in [-0.2, -0.15) is 0 Å². The van der Waals surface area contributed by atoms with E-state index in [-0.39, 0.29) is 25.3 Å². The average molecular weight is 706 g/mol. The molecule has 1 fully saturated rings. The second kappa shape index (κ2) is 13.8. The van der Waals surface area contributed by atoms with Gasteiger partial charge in [0.15, 0.2) is 0 Å². The predicted octanol–water partition coefficient (Wildman–Crippen LogP) is 5.35. The Bertz CT molecular complexity index is 1970. The van der Waals surface area contributed by atoms with Gasteiger partial charge in [-0.25, -0.2) is 14.5 Å². The van der Waals surface area contributed by atoms with E-state index in [1.54, 1.807) is 50.2 Å². The Kier molecular flexibility index (Phi) is 9.54. The van der Waals surface area contributed by atoms with Crippen LogP contribution in [0, 0.1) is 5.92 Å². The number of esters is 2. The normalized spacial score (nSPS) is 18.2. The molecule has 11 nitrogen and oxygen atoms in total. The number of aromatic nitrogens is 1. The lowest BCUT2D eigenvalue weighted by molar-refractivity contribution is -0.122. The van der Waals surface area contributed by atoms with Crippen LogP contribution in [0.15, 0.2) is 82.6 Å². The molecule has 246 valence electrons. The summed E-state index contributed by atoms with van der Waals surface area (Å²) in [5.41, 5.74) is 2.02. The van der Waals surface area contributed by atoms with Gasteiger partial charge < -0.3 is 14.8 Å². The molecule has 6 rings (SSSR count). The minimum absolute atomic E-state index is 0.206. The first-order chi connectivity index (χ1) is 23.1. The van der Waals surface area contributed by atoms with Crippen molar-refractivity contribution in [2.24, 2.45) is 5.92 Å². The summed E-state index contributed by atoms with van der Waals surface area (Å²) < 4.78 is 11.4. The molecular formula is C34H28ClN3O8S2. The maximum Gasteiger partial charge on any atom is 0.338 e. The first-order valence-electron chi connectivity index (χ1n) is 15.0. The molecule has 1 aromatic heterocycles. The van der Waals surface area contributed by atoms with Gasteiger partial charge in [0.2, 0.25) is 17.7 Å². The van der Waals surface area contributed by atoms with Gasteiger partial charge in [-0.3, -0.25) is 23.7 Å². The monoisotopic (exact) mass is 705 g/mol. The van der Waals surface area contributed by atoms with E-state index in [1.807, 2.05) is 0 Å². The number of imide groups is 1. The number of thiazole rings is 1. The zero-order valence-corrected chi connectivity index (χ0v) is 28.0. The minimum Gasteiger partial charge on any atom is -0.462 e. The third kappa shape index (κ3) is 6.28. The largest absolute Gasteiger partial charge is 0.462 e. The highest BCUT2D eigenvalue weighted by atomic mass is 35.5. The number of carbonyl (C=O) groups is 5. The topological polar surface area (TPSA) is 141 Å². The summed E-state index contributed by atoms with van der Waals surface area (Å²) in [6.07, 6.45) is 0. The summed E-state index contributed by atoms with van der Waals surface area (Å²) in [6.45, 7) is 3.50. The van der Waals surface area contributed by atoms with Crippen LogP contribution >= 0.6 is 34.7 Å². The van der Waals surface area contributed by atoms with Crippen LogP contribution in [0.1, 0.15) is 50.9 Å². The van der Waals surface area contributed by atoms with Crippen molar-refractivity contribution in [2.75, 3.05) is 23.4 Å². The lowest BCUT2D eigenvalue weighted by Gasteiger charge is -2.30. The Hall–Kier alpha value is -4.72. The first kappa shape index (κ1) is 33.2. The Morgan fingerprint density at radius 1 is 0.812 bits per heavy atom. The van der Waals surface area contributed by atoms with Crippen molar-refractivity contribution in [1.82, 2.24) is 4.57 Å². The van der Waals surface area contributed by atoms with Crippen molar-refractivity contribution in [3.05, 3.63) is 109 Å². The molecular weight excluding hydrogens is 678 g/mol. The third-order valence-electron chi connectivity index (χ3n) is 7.90. The van der Waals surface area contributed by atoms with E-state index in [0.29, 0.717) is 37.4 Å². The molecule has 48 heavy (non-hydrogen) atoms.